The van der Waals surface area contributed by atoms with Crippen molar-refractivity contribution in [1.29, 1.82) is 0 Å². The van der Waals surface area contributed by atoms with Gasteiger partial charge in [-0.3, -0.25) is 9.78 Å². The van der Waals surface area contributed by atoms with Gasteiger partial charge in [0.1, 0.15) is 0 Å². The van der Waals surface area contributed by atoms with E-state index in [1.807, 2.05) is 0 Å². The van der Waals surface area contributed by atoms with Crippen molar-refractivity contribution < 1.29 is 23.9 Å². The van der Waals surface area contributed by atoms with Gasteiger partial charge in [0, 0.05) is 23.5 Å². The molecule has 34 heavy (non-hydrogen) atoms. The number of rotatable bonds is 7. The van der Waals surface area contributed by atoms with Crippen molar-refractivity contribution in [3.63, 3.8) is 0 Å². The topological polar surface area (TPSA) is 85.8 Å². The maximum absolute atomic E-state index is 13.9. The van der Waals surface area contributed by atoms with Crippen LogP contribution >= 0.6 is 23.2 Å². The maximum Gasteiger partial charge on any atom is 0.339 e. The van der Waals surface area contributed by atoms with Gasteiger partial charge in [0.15, 0.2) is 6.61 Å². The summed E-state index contributed by atoms with van der Waals surface area (Å²) in [4.78, 5) is 44.2. The van der Waals surface area contributed by atoms with E-state index in [4.69, 9.17) is 39.1 Å². The molecule has 1 aliphatic rings. The zero-order valence-corrected chi connectivity index (χ0v) is 20.0. The number of nitrogens with zero attached hydrogens (tertiary/aromatic N) is 2. The van der Waals surface area contributed by atoms with Crippen LogP contribution in [0.4, 0.5) is 5.69 Å². The van der Waals surface area contributed by atoms with Crippen LogP contribution in [0.2, 0.25) is 10.0 Å². The molecule has 0 atom stereocenters. The minimum Gasteiger partial charge on any atom is -0.465 e. The van der Waals surface area contributed by atoms with Gasteiger partial charge in [0.25, 0.3) is 5.91 Å². The third kappa shape index (κ3) is 5.77. The number of benzene rings is 1. The van der Waals surface area contributed by atoms with E-state index < -0.39 is 17.8 Å². The van der Waals surface area contributed by atoms with Crippen LogP contribution in [0.15, 0.2) is 47.8 Å². The number of methoxy groups -OCH3 is 1. The van der Waals surface area contributed by atoms with Crippen LogP contribution in [-0.2, 0) is 25.6 Å². The van der Waals surface area contributed by atoms with Gasteiger partial charge in [-0.2, -0.15) is 0 Å². The smallest absolute Gasteiger partial charge is 0.339 e. The molecule has 1 aromatic heterocycles. The first-order valence-electron chi connectivity index (χ1n) is 10.5. The van der Waals surface area contributed by atoms with E-state index in [1.54, 1.807) is 24.5 Å². The van der Waals surface area contributed by atoms with Gasteiger partial charge >= 0.3 is 11.9 Å². The van der Waals surface area contributed by atoms with E-state index in [1.165, 1.54) is 24.1 Å². The third-order valence-corrected chi connectivity index (χ3v) is 5.92. The second-order valence-corrected chi connectivity index (χ2v) is 8.29. The molecule has 2 aromatic rings. The molecule has 176 valence electrons. The Kier molecular flexibility index (Phi) is 8.69. The Bertz CT molecular complexity index is 1170. The number of pyridine rings is 1. The summed E-state index contributed by atoms with van der Waals surface area (Å²) >= 11 is 12.7. The molecule has 0 saturated carbocycles. The molecule has 0 saturated heterocycles. The zero-order valence-electron chi connectivity index (χ0n) is 18.5. The van der Waals surface area contributed by atoms with Crippen LogP contribution in [0.25, 0.3) is 0 Å². The number of carbonyl (C=O) groups excluding carboxylic acids is 3. The van der Waals surface area contributed by atoms with E-state index in [2.05, 4.69) is 10.9 Å². The molecule has 1 aromatic carbocycles. The van der Waals surface area contributed by atoms with Crippen molar-refractivity contribution in [2.24, 2.45) is 0 Å². The molecule has 9 heteroatoms. The van der Waals surface area contributed by atoms with Gasteiger partial charge in [-0.1, -0.05) is 35.2 Å². The van der Waals surface area contributed by atoms with Gasteiger partial charge in [0.05, 0.1) is 35.0 Å². The average molecular weight is 501 g/mol. The fourth-order valence-electron chi connectivity index (χ4n) is 3.68. The molecule has 0 aliphatic heterocycles. The Balaban J connectivity index is 2.12. The standard InChI is InChI=1S/C25H22Cl2N2O5/c1-3-11-34-25(32)18-9-5-4-8-17(18)23(30)29(15-16-7-6-10-28-14-16)22-12-19(24(31)33-2)20(26)13-21(22)27/h1,6-7,10,12-14H,4-5,8-9,11,15H2,2H3. The third-order valence-electron chi connectivity index (χ3n) is 5.30. The van der Waals surface area contributed by atoms with Gasteiger partial charge in [-0.25, -0.2) is 9.59 Å². The Labute approximate surface area is 207 Å². The van der Waals surface area contributed by atoms with E-state index in [9.17, 15) is 14.4 Å². The minimum atomic E-state index is -0.674. The average Bonchev–Trinajstić information content (AvgIpc) is 2.86. The van der Waals surface area contributed by atoms with Crippen molar-refractivity contribution in [2.45, 2.75) is 32.2 Å². The van der Waals surface area contributed by atoms with Crippen LogP contribution in [0, 0.1) is 12.3 Å². The fraction of sp³-hybridized carbons (Fsp3) is 0.280. The summed E-state index contributed by atoms with van der Waals surface area (Å²) < 4.78 is 9.91. The number of anilines is 1. The van der Waals surface area contributed by atoms with Crippen molar-refractivity contribution in [3.8, 4) is 12.3 Å². The molecule has 0 bridgehead atoms. The van der Waals surface area contributed by atoms with Gasteiger partial charge < -0.3 is 14.4 Å². The number of hydrogen-bond donors (Lipinski definition) is 0. The highest BCUT2D eigenvalue weighted by Gasteiger charge is 2.30. The summed E-state index contributed by atoms with van der Waals surface area (Å²) in [6.45, 7) is -0.0977. The lowest BCUT2D eigenvalue weighted by atomic mass is 9.90. The number of amides is 1. The molecule has 0 spiro atoms. The SMILES string of the molecule is C#CCOC(=O)C1=C(C(=O)N(Cc2cccnc2)c2cc(C(=O)OC)c(Cl)cc2Cl)CCCC1. The quantitative estimate of drug-likeness (QED) is 0.402. The fourth-order valence-corrected chi connectivity index (χ4v) is 4.24. The molecule has 3 rings (SSSR count). The monoisotopic (exact) mass is 500 g/mol. The number of esters is 2. The van der Waals surface area contributed by atoms with Crippen molar-refractivity contribution in [1.82, 2.24) is 4.98 Å². The number of aromatic nitrogens is 1. The second kappa shape index (κ2) is 11.7. The van der Waals surface area contributed by atoms with Crippen LogP contribution in [0.5, 0.6) is 0 Å². The van der Waals surface area contributed by atoms with E-state index in [0.29, 0.717) is 29.6 Å². The highest BCUT2D eigenvalue weighted by molar-refractivity contribution is 6.38. The predicted molar refractivity (Wildman–Crippen MR) is 129 cm³/mol. The van der Waals surface area contributed by atoms with Crippen LogP contribution in [-0.4, -0.2) is 36.5 Å². The van der Waals surface area contributed by atoms with Crippen molar-refractivity contribution in [2.75, 3.05) is 18.6 Å². The number of hydrogen-bond acceptors (Lipinski definition) is 6. The minimum absolute atomic E-state index is 0.0545. The molecule has 1 aliphatic carbocycles. The van der Waals surface area contributed by atoms with Crippen LogP contribution in [0.1, 0.15) is 41.6 Å². The molecule has 1 heterocycles. The normalized spacial score (nSPS) is 13.1. The summed E-state index contributed by atoms with van der Waals surface area (Å²) in [5, 5.41) is 0.243. The maximum atomic E-state index is 13.9. The summed E-state index contributed by atoms with van der Waals surface area (Å²) in [6.07, 6.45) is 10.7. The summed E-state index contributed by atoms with van der Waals surface area (Å²) in [5.74, 6) is 0.537. The molecule has 0 unspecified atom stereocenters. The lowest BCUT2D eigenvalue weighted by Gasteiger charge is -2.28. The zero-order chi connectivity index (χ0) is 24.7. The van der Waals surface area contributed by atoms with E-state index >= 15 is 0 Å². The van der Waals surface area contributed by atoms with Gasteiger partial charge in [-0.05, 0) is 49.4 Å². The molecule has 0 radical (unpaired) electrons. The summed E-state index contributed by atoms with van der Waals surface area (Å²) in [6, 6.07) is 6.33. The number of halogens is 2. The molecule has 1 amide bonds. The molecule has 0 N–H and O–H groups in total. The van der Waals surface area contributed by atoms with E-state index in [-0.39, 0.29) is 34.4 Å². The van der Waals surface area contributed by atoms with Crippen LogP contribution < -0.4 is 4.90 Å². The molecular formula is C25H22Cl2N2O5. The Morgan fingerprint density at radius 2 is 1.85 bits per heavy atom. The largest absolute Gasteiger partial charge is 0.465 e. The van der Waals surface area contributed by atoms with Crippen LogP contribution in [0.3, 0.4) is 0 Å². The number of carbonyl (C=O) groups is 3. The first-order chi connectivity index (χ1) is 16.4. The Hall–Kier alpha value is -3.34. The second-order valence-electron chi connectivity index (χ2n) is 7.47. The highest BCUT2D eigenvalue weighted by atomic mass is 35.5. The lowest BCUT2D eigenvalue weighted by molar-refractivity contribution is -0.138. The lowest BCUT2D eigenvalue weighted by Crippen LogP contribution is -2.34. The first-order valence-corrected chi connectivity index (χ1v) is 11.2. The number of terminal acetylenes is 1. The van der Waals surface area contributed by atoms with Crippen molar-refractivity contribution >= 4 is 46.7 Å². The summed E-state index contributed by atoms with van der Waals surface area (Å²) in [5.41, 5.74) is 1.63. The highest BCUT2D eigenvalue weighted by Crippen LogP contribution is 2.36. The number of ether oxygens (including phenoxy) is 2. The Morgan fingerprint density at radius 1 is 1.12 bits per heavy atom. The first kappa shape index (κ1) is 25.3. The Morgan fingerprint density at radius 3 is 2.50 bits per heavy atom. The molecule has 7 nitrogen and oxygen atoms in total. The molecular weight excluding hydrogens is 479 g/mol. The van der Waals surface area contributed by atoms with E-state index in [0.717, 1.165) is 12.8 Å². The van der Waals surface area contributed by atoms with Gasteiger partial charge in [0.2, 0.25) is 0 Å². The predicted octanol–water partition coefficient (Wildman–Crippen LogP) is 4.76. The van der Waals surface area contributed by atoms with Gasteiger partial charge in [-0.15, -0.1) is 6.42 Å². The molecule has 0 fully saturated rings. The summed E-state index contributed by atoms with van der Waals surface area (Å²) in [7, 11) is 1.23. The van der Waals surface area contributed by atoms with Crippen molar-refractivity contribution in [3.05, 3.63) is 69.0 Å².